The molecule has 0 aliphatic carbocycles. The fourth-order valence-corrected chi connectivity index (χ4v) is 2.95. The van der Waals surface area contributed by atoms with Gasteiger partial charge in [-0.3, -0.25) is 14.5 Å². The molecule has 0 radical (unpaired) electrons. The van der Waals surface area contributed by atoms with Gasteiger partial charge in [0.2, 0.25) is 5.91 Å². The van der Waals surface area contributed by atoms with Crippen molar-refractivity contribution in [3.63, 3.8) is 0 Å². The molecule has 0 unspecified atom stereocenters. The summed E-state index contributed by atoms with van der Waals surface area (Å²) in [5.74, 6) is -0.283. The highest BCUT2D eigenvalue weighted by atomic mass is 19.4. The molecule has 0 atom stereocenters. The highest BCUT2D eigenvalue weighted by Gasteiger charge is 2.29. The zero-order valence-corrected chi connectivity index (χ0v) is 17.2. The van der Waals surface area contributed by atoms with Crippen LogP contribution in [0.3, 0.4) is 0 Å². The molecule has 11 heteroatoms. The lowest BCUT2D eigenvalue weighted by atomic mass is 10.2. The van der Waals surface area contributed by atoms with E-state index in [2.05, 4.69) is 20.4 Å². The van der Waals surface area contributed by atoms with Gasteiger partial charge in [0.15, 0.2) is 12.4 Å². The van der Waals surface area contributed by atoms with Crippen LogP contribution >= 0.6 is 0 Å². The summed E-state index contributed by atoms with van der Waals surface area (Å²) in [6.07, 6.45) is 0.409. The molecule has 3 aromatic heterocycles. The molecule has 166 valence electrons. The van der Waals surface area contributed by atoms with Crippen LogP contribution in [0, 0.1) is 0 Å². The van der Waals surface area contributed by atoms with Gasteiger partial charge in [0.1, 0.15) is 0 Å². The Morgan fingerprint density at radius 2 is 2.06 bits per heavy atom. The first kappa shape index (κ1) is 22.3. The molecule has 0 aliphatic rings. The minimum absolute atomic E-state index is 0.0278. The van der Waals surface area contributed by atoms with Crippen LogP contribution in [0.25, 0.3) is 10.9 Å². The van der Waals surface area contributed by atoms with Gasteiger partial charge in [-0.25, -0.2) is 4.98 Å². The lowest BCUT2D eigenvalue weighted by Gasteiger charge is -2.12. The Bertz CT molecular complexity index is 1070. The monoisotopic (exact) mass is 437 g/mol. The van der Waals surface area contributed by atoms with Crippen molar-refractivity contribution in [3.8, 4) is 11.6 Å². The minimum Gasteiger partial charge on any atom is -0.491 e. The quantitative estimate of drug-likeness (QED) is 0.583. The second-order valence-electron chi connectivity index (χ2n) is 7.17. The van der Waals surface area contributed by atoms with E-state index in [0.29, 0.717) is 16.8 Å². The van der Waals surface area contributed by atoms with Crippen LogP contribution in [0.4, 0.5) is 13.2 Å². The minimum atomic E-state index is -4.47. The molecule has 0 bridgehead atoms. The third-order valence-electron chi connectivity index (χ3n) is 4.15. The van der Waals surface area contributed by atoms with E-state index in [0.717, 1.165) is 5.39 Å². The SMILES string of the molecule is COc1cc(Cn2cc3c(CC(=O)NC(C)C)nccc3n2)cnc1OCC(F)(F)F. The maximum Gasteiger partial charge on any atom is 0.422 e. The number of carbonyl (C=O) groups is 1. The number of ether oxygens (including phenoxy) is 2. The Balaban J connectivity index is 1.78. The molecule has 0 fully saturated rings. The molecular formula is C20H22F3N5O3. The molecule has 0 spiro atoms. The van der Waals surface area contributed by atoms with Crippen molar-refractivity contribution in [1.29, 1.82) is 0 Å². The van der Waals surface area contributed by atoms with Crippen molar-refractivity contribution in [1.82, 2.24) is 25.1 Å². The van der Waals surface area contributed by atoms with Crippen LogP contribution in [-0.4, -0.2) is 51.6 Å². The van der Waals surface area contributed by atoms with Crippen LogP contribution in [0.1, 0.15) is 25.1 Å². The van der Waals surface area contributed by atoms with E-state index in [1.807, 2.05) is 13.8 Å². The van der Waals surface area contributed by atoms with Crippen molar-refractivity contribution in [2.45, 2.75) is 39.0 Å². The summed E-state index contributed by atoms with van der Waals surface area (Å²) >= 11 is 0. The van der Waals surface area contributed by atoms with Gasteiger partial charge in [-0.05, 0) is 31.5 Å². The average Bonchev–Trinajstić information content (AvgIpc) is 3.09. The molecule has 0 saturated heterocycles. The molecule has 1 amide bonds. The number of alkyl halides is 3. The largest absolute Gasteiger partial charge is 0.491 e. The highest BCUT2D eigenvalue weighted by Crippen LogP contribution is 2.27. The Morgan fingerprint density at radius 3 is 2.74 bits per heavy atom. The van der Waals surface area contributed by atoms with Gasteiger partial charge in [0.05, 0.1) is 31.3 Å². The zero-order chi connectivity index (χ0) is 22.6. The number of pyridine rings is 2. The number of methoxy groups -OCH3 is 1. The van der Waals surface area contributed by atoms with E-state index in [9.17, 15) is 18.0 Å². The first-order chi connectivity index (χ1) is 14.6. The predicted molar refractivity (Wildman–Crippen MR) is 106 cm³/mol. The van der Waals surface area contributed by atoms with E-state index < -0.39 is 12.8 Å². The van der Waals surface area contributed by atoms with E-state index in [4.69, 9.17) is 9.47 Å². The van der Waals surface area contributed by atoms with Crippen molar-refractivity contribution in [3.05, 3.63) is 42.0 Å². The number of nitrogens with one attached hydrogen (secondary N) is 1. The zero-order valence-electron chi connectivity index (χ0n) is 17.2. The smallest absolute Gasteiger partial charge is 0.422 e. The second kappa shape index (κ2) is 9.19. The van der Waals surface area contributed by atoms with E-state index in [-0.39, 0.29) is 36.5 Å². The summed E-state index contributed by atoms with van der Waals surface area (Å²) in [4.78, 5) is 20.3. The fourth-order valence-electron chi connectivity index (χ4n) is 2.95. The lowest BCUT2D eigenvalue weighted by Crippen LogP contribution is -2.31. The number of aromatic nitrogens is 4. The average molecular weight is 437 g/mol. The third-order valence-corrected chi connectivity index (χ3v) is 4.15. The Kier molecular flexibility index (Phi) is 6.62. The maximum absolute atomic E-state index is 12.4. The molecule has 31 heavy (non-hydrogen) atoms. The number of rotatable bonds is 8. The van der Waals surface area contributed by atoms with Crippen LogP contribution in [0.2, 0.25) is 0 Å². The fraction of sp³-hybridized carbons (Fsp3) is 0.400. The number of carbonyl (C=O) groups excluding carboxylic acids is 1. The molecule has 0 saturated carbocycles. The van der Waals surface area contributed by atoms with Crippen molar-refractivity contribution in [2.24, 2.45) is 0 Å². The standard InChI is InChI=1S/C20H22F3N5O3/c1-12(2)26-18(29)7-16-14-10-28(27-15(14)4-5-24-16)9-13-6-17(30-3)19(25-8-13)31-11-20(21,22)23/h4-6,8,10,12H,7,9,11H2,1-3H3,(H,26,29). The number of hydrogen-bond acceptors (Lipinski definition) is 6. The van der Waals surface area contributed by atoms with Gasteiger partial charge in [0, 0.05) is 30.0 Å². The molecule has 3 rings (SSSR count). The topological polar surface area (TPSA) is 91.2 Å². The van der Waals surface area contributed by atoms with Gasteiger partial charge in [-0.2, -0.15) is 18.3 Å². The molecule has 3 heterocycles. The summed E-state index contributed by atoms with van der Waals surface area (Å²) in [5.41, 5.74) is 1.93. The second-order valence-corrected chi connectivity index (χ2v) is 7.17. The highest BCUT2D eigenvalue weighted by molar-refractivity contribution is 5.86. The van der Waals surface area contributed by atoms with Gasteiger partial charge < -0.3 is 14.8 Å². The van der Waals surface area contributed by atoms with Crippen LogP contribution in [0.5, 0.6) is 11.6 Å². The van der Waals surface area contributed by atoms with Gasteiger partial charge in [-0.15, -0.1) is 0 Å². The van der Waals surface area contributed by atoms with E-state index in [1.54, 1.807) is 29.2 Å². The first-order valence-electron chi connectivity index (χ1n) is 9.47. The maximum atomic E-state index is 12.4. The predicted octanol–water partition coefficient (Wildman–Crippen LogP) is 2.89. The Morgan fingerprint density at radius 1 is 1.29 bits per heavy atom. The molecule has 0 aromatic carbocycles. The lowest BCUT2D eigenvalue weighted by molar-refractivity contribution is -0.154. The number of fused-ring (bicyclic) bond motifs is 1. The summed E-state index contributed by atoms with van der Waals surface area (Å²) in [6.45, 7) is 2.59. The summed E-state index contributed by atoms with van der Waals surface area (Å²) in [7, 11) is 1.32. The third kappa shape index (κ3) is 6.06. The Hall–Kier alpha value is -3.37. The molecule has 0 aliphatic heterocycles. The molecule has 3 aromatic rings. The summed E-state index contributed by atoms with van der Waals surface area (Å²) < 4.78 is 48.6. The van der Waals surface area contributed by atoms with Gasteiger partial charge in [0.25, 0.3) is 5.88 Å². The van der Waals surface area contributed by atoms with Crippen LogP contribution < -0.4 is 14.8 Å². The molecule has 1 N–H and O–H groups in total. The first-order valence-corrected chi connectivity index (χ1v) is 9.47. The molecular weight excluding hydrogens is 415 g/mol. The number of amides is 1. The van der Waals surface area contributed by atoms with Crippen molar-refractivity contribution in [2.75, 3.05) is 13.7 Å². The normalized spacial score (nSPS) is 11.7. The molecule has 8 nitrogen and oxygen atoms in total. The number of nitrogens with zero attached hydrogens (tertiary/aromatic N) is 4. The Labute approximate surface area is 176 Å². The summed E-state index contributed by atoms with van der Waals surface area (Å²) in [6, 6.07) is 3.31. The number of hydrogen-bond donors (Lipinski definition) is 1. The summed E-state index contributed by atoms with van der Waals surface area (Å²) in [5, 5.41) is 8.05. The van der Waals surface area contributed by atoms with Crippen molar-refractivity contribution >= 4 is 16.8 Å². The van der Waals surface area contributed by atoms with Crippen LogP contribution in [0.15, 0.2) is 30.7 Å². The van der Waals surface area contributed by atoms with Gasteiger partial charge in [-0.1, -0.05) is 0 Å². The van der Waals surface area contributed by atoms with Crippen LogP contribution in [-0.2, 0) is 17.8 Å². The van der Waals surface area contributed by atoms with E-state index in [1.165, 1.54) is 13.3 Å². The van der Waals surface area contributed by atoms with Crippen molar-refractivity contribution < 1.29 is 27.4 Å². The van der Waals surface area contributed by atoms with E-state index >= 15 is 0 Å². The van der Waals surface area contributed by atoms with Gasteiger partial charge >= 0.3 is 6.18 Å². The number of halogens is 3.